The Kier molecular flexibility index (Phi) is 5.35. The van der Waals surface area contributed by atoms with E-state index >= 15 is 0 Å². The third-order valence-electron chi connectivity index (χ3n) is 4.71. The fourth-order valence-corrected chi connectivity index (χ4v) is 3.31. The van der Waals surface area contributed by atoms with Crippen molar-refractivity contribution < 1.29 is 9.53 Å². The molecule has 1 amide bonds. The molecule has 1 N–H and O–H groups in total. The molecular weight excluding hydrogens is 422 g/mol. The first-order chi connectivity index (χ1) is 14.8. The first kappa shape index (κ1) is 20.4. The number of imidazole rings is 1. The molecular formula is C21H18ClN5O4. The first-order valence-electron chi connectivity index (χ1n) is 9.28. The van der Waals surface area contributed by atoms with Gasteiger partial charge in [0, 0.05) is 19.8 Å². The van der Waals surface area contributed by atoms with E-state index in [1.165, 1.54) is 22.5 Å². The van der Waals surface area contributed by atoms with Gasteiger partial charge in [0.25, 0.3) is 5.56 Å². The van der Waals surface area contributed by atoms with Crippen LogP contribution in [0.25, 0.3) is 11.2 Å². The Balaban J connectivity index is 1.51. The van der Waals surface area contributed by atoms with E-state index < -0.39 is 23.7 Å². The fraction of sp³-hybridized carbons (Fsp3) is 0.143. The zero-order valence-corrected chi connectivity index (χ0v) is 17.5. The highest BCUT2D eigenvalue weighted by Crippen LogP contribution is 2.29. The van der Waals surface area contributed by atoms with E-state index in [2.05, 4.69) is 10.3 Å². The van der Waals surface area contributed by atoms with Crippen LogP contribution in [0.2, 0.25) is 5.02 Å². The lowest BCUT2D eigenvalue weighted by Gasteiger charge is -2.10. The lowest BCUT2D eigenvalue weighted by molar-refractivity contribution is -0.116. The molecule has 0 aliphatic heterocycles. The van der Waals surface area contributed by atoms with Crippen LogP contribution in [0.15, 0.2) is 64.4 Å². The molecule has 4 aromatic rings. The minimum atomic E-state index is -0.616. The number of aromatic nitrogens is 4. The van der Waals surface area contributed by atoms with Crippen LogP contribution < -0.4 is 21.3 Å². The number of amides is 1. The first-order valence-corrected chi connectivity index (χ1v) is 9.66. The van der Waals surface area contributed by atoms with Gasteiger partial charge < -0.3 is 14.6 Å². The molecule has 0 aliphatic rings. The van der Waals surface area contributed by atoms with Crippen LogP contribution in [0, 0.1) is 0 Å². The lowest BCUT2D eigenvalue weighted by atomic mass is 10.3. The second-order valence-corrected chi connectivity index (χ2v) is 7.27. The van der Waals surface area contributed by atoms with Crippen molar-refractivity contribution in [2.45, 2.75) is 6.54 Å². The second kappa shape index (κ2) is 8.11. The normalized spacial score (nSPS) is 10.9. The summed E-state index contributed by atoms with van der Waals surface area (Å²) in [6, 6.07) is 13.7. The van der Waals surface area contributed by atoms with Gasteiger partial charge in [0.1, 0.15) is 18.0 Å². The summed E-state index contributed by atoms with van der Waals surface area (Å²) in [5.74, 6) is 0.542. The van der Waals surface area contributed by atoms with Crippen LogP contribution in [-0.4, -0.2) is 24.6 Å². The molecule has 2 aromatic heterocycles. The van der Waals surface area contributed by atoms with Crippen LogP contribution in [0.1, 0.15) is 0 Å². The Morgan fingerprint density at radius 3 is 2.52 bits per heavy atom. The number of benzene rings is 2. The van der Waals surface area contributed by atoms with Crippen molar-refractivity contribution in [3.05, 3.63) is 80.7 Å². The highest BCUT2D eigenvalue weighted by molar-refractivity contribution is 6.32. The third-order valence-corrected chi connectivity index (χ3v) is 5.02. The molecule has 0 fully saturated rings. The highest BCUT2D eigenvalue weighted by atomic mass is 35.5. The summed E-state index contributed by atoms with van der Waals surface area (Å²) in [7, 11) is 3.15. The minimum absolute atomic E-state index is 0.246. The molecule has 10 heteroatoms. The predicted molar refractivity (Wildman–Crippen MR) is 117 cm³/mol. The molecule has 2 aromatic carbocycles. The summed E-state index contributed by atoms with van der Waals surface area (Å²) in [6.45, 7) is -0.426. The van der Waals surface area contributed by atoms with E-state index in [9.17, 15) is 14.4 Å². The van der Waals surface area contributed by atoms with Gasteiger partial charge in [0.2, 0.25) is 5.91 Å². The molecule has 0 saturated carbocycles. The molecule has 0 bridgehead atoms. The summed E-state index contributed by atoms with van der Waals surface area (Å²) in [5.41, 5.74) is -0.186. The second-order valence-electron chi connectivity index (χ2n) is 6.87. The number of rotatable bonds is 5. The number of aryl methyl sites for hydroxylation is 2. The van der Waals surface area contributed by atoms with E-state index in [4.69, 9.17) is 16.3 Å². The molecule has 0 saturated heterocycles. The van der Waals surface area contributed by atoms with Gasteiger partial charge in [0.15, 0.2) is 11.2 Å². The third kappa shape index (κ3) is 3.95. The standard InChI is InChI=1S/C21H18ClN5O4/c1-25-12-23-19-18(25)20(29)27(21(30)26(19)2)11-17(28)24-13-7-9-14(10-8-13)31-16-6-4-3-5-15(16)22/h3-10,12H,11H2,1-2H3,(H,24,28). The molecule has 0 unspecified atom stereocenters. The molecule has 31 heavy (non-hydrogen) atoms. The highest BCUT2D eigenvalue weighted by Gasteiger charge is 2.17. The summed E-state index contributed by atoms with van der Waals surface area (Å²) >= 11 is 6.08. The molecule has 0 atom stereocenters. The Labute approximate surface area is 181 Å². The number of hydrogen-bond donors (Lipinski definition) is 1. The topological polar surface area (TPSA) is 100 Å². The Bertz CT molecular complexity index is 1400. The average molecular weight is 440 g/mol. The smallest absolute Gasteiger partial charge is 0.332 e. The quantitative estimate of drug-likeness (QED) is 0.515. The van der Waals surface area contributed by atoms with Gasteiger partial charge in [0.05, 0.1) is 11.3 Å². The SMILES string of the molecule is Cn1cnc2c1c(=O)n(CC(=O)Nc1ccc(Oc3ccccc3Cl)cc1)c(=O)n2C. The van der Waals surface area contributed by atoms with E-state index in [-0.39, 0.29) is 11.2 Å². The van der Waals surface area contributed by atoms with Crippen molar-refractivity contribution in [1.29, 1.82) is 0 Å². The van der Waals surface area contributed by atoms with Crippen LogP contribution in [0.5, 0.6) is 11.5 Å². The molecule has 4 rings (SSSR count). The molecule has 0 radical (unpaired) electrons. The van der Waals surface area contributed by atoms with Crippen molar-refractivity contribution in [3.8, 4) is 11.5 Å². The van der Waals surface area contributed by atoms with Crippen LogP contribution in [0.3, 0.4) is 0 Å². The number of nitrogens with zero attached hydrogens (tertiary/aromatic N) is 4. The van der Waals surface area contributed by atoms with Crippen LogP contribution in [-0.2, 0) is 25.4 Å². The van der Waals surface area contributed by atoms with Gasteiger partial charge in [-0.1, -0.05) is 23.7 Å². The number of nitrogens with one attached hydrogen (secondary N) is 1. The number of halogens is 1. The van der Waals surface area contributed by atoms with Crippen molar-refractivity contribution in [1.82, 2.24) is 18.7 Å². The predicted octanol–water partition coefficient (Wildman–Crippen LogP) is 2.52. The summed E-state index contributed by atoms with van der Waals surface area (Å²) < 4.78 is 9.35. The number of ether oxygens (including phenoxy) is 1. The monoisotopic (exact) mass is 439 g/mol. The average Bonchev–Trinajstić information content (AvgIpc) is 3.14. The summed E-state index contributed by atoms with van der Waals surface area (Å²) in [5, 5.41) is 3.16. The maximum Gasteiger partial charge on any atom is 0.332 e. The number of para-hydroxylation sites is 1. The van der Waals surface area contributed by atoms with Crippen molar-refractivity contribution in [3.63, 3.8) is 0 Å². The Morgan fingerprint density at radius 2 is 1.81 bits per heavy atom. The van der Waals surface area contributed by atoms with Crippen LogP contribution >= 0.6 is 11.6 Å². The number of fused-ring (bicyclic) bond motifs is 1. The number of carbonyl (C=O) groups excluding carboxylic acids is 1. The molecule has 2 heterocycles. The lowest BCUT2D eigenvalue weighted by Crippen LogP contribution is -2.42. The van der Waals surface area contributed by atoms with E-state index in [1.54, 1.807) is 49.5 Å². The van der Waals surface area contributed by atoms with E-state index in [0.29, 0.717) is 22.2 Å². The van der Waals surface area contributed by atoms with Gasteiger partial charge >= 0.3 is 5.69 Å². The largest absolute Gasteiger partial charge is 0.456 e. The Morgan fingerprint density at radius 1 is 1.10 bits per heavy atom. The maximum absolute atomic E-state index is 12.7. The minimum Gasteiger partial charge on any atom is -0.456 e. The van der Waals surface area contributed by atoms with Crippen molar-refractivity contribution in [2.75, 3.05) is 5.32 Å². The fourth-order valence-electron chi connectivity index (χ4n) is 3.14. The van der Waals surface area contributed by atoms with Gasteiger partial charge in [-0.2, -0.15) is 0 Å². The van der Waals surface area contributed by atoms with E-state index in [1.807, 2.05) is 6.07 Å². The Hall–Kier alpha value is -3.85. The zero-order valence-electron chi connectivity index (χ0n) is 16.7. The van der Waals surface area contributed by atoms with Gasteiger partial charge in [-0.3, -0.25) is 14.2 Å². The zero-order chi connectivity index (χ0) is 22.1. The molecule has 0 spiro atoms. The van der Waals surface area contributed by atoms with Gasteiger partial charge in [-0.25, -0.2) is 14.3 Å². The molecule has 158 valence electrons. The van der Waals surface area contributed by atoms with Gasteiger partial charge in [-0.15, -0.1) is 0 Å². The van der Waals surface area contributed by atoms with Crippen molar-refractivity contribution in [2.24, 2.45) is 14.1 Å². The van der Waals surface area contributed by atoms with Crippen LogP contribution in [0.4, 0.5) is 5.69 Å². The van der Waals surface area contributed by atoms with Gasteiger partial charge in [-0.05, 0) is 36.4 Å². The number of anilines is 1. The summed E-state index contributed by atoms with van der Waals surface area (Å²) in [6.07, 6.45) is 1.45. The van der Waals surface area contributed by atoms with E-state index in [0.717, 1.165) is 4.57 Å². The number of carbonyl (C=O) groups is 1. The van der Waals surface area contributed by atoms with Crippen molar-refractivity contribution >= 4 is 34.4 Å². The summed E-state index contributed by atoms with van der Waals surface area (Å²) in [4.78, 5) is 41.8. The number of hydrogen-bond acceptors (Lipinski definition) is 5. The molecule has 0 aliphatic carbocycles. The maximum atomic E-state index is 12.7. The molecule has 9 nitrogen and oxygen atoms in total.